The van der Waals surface area contributed by atoms with E-state index in [-0.39, 0.29) is 13.0 Å². The Morgan fingerprint density at radius 3 is 2.74 bits per heavy atom. The van der Waals surface area contributed by atoms with Crippen LogP contribution < -0.4 is 4.72 Å². The van der Waals surface area contributed by atoms with Crippen molar-refractivity contribution >= 4 is 16.2 Å². The Morgan fingerprint density at radius 2 is 2.26 bits per heavy atom. The second-order valence-electron chi connectivity index (χ2n) is 4.11. The number of nitrogens with one attached hydrogen (secondary N) is 1. The van der Waals surface area contributed by atoms with Crippen LogP contribution in [0.15, 0.2) is 6.33 Å². The number of nitrogens with zero attached hydrogens (tertiary/aromatic N) is 4. The zero-order valence-corrected chi connectivity index (χ0v) is 11.8. The lowest BCUT2D eigenvalue weighted by molar-refractivity contribution is -0.137. The van der Waals surface area contributed by atoms with Gasteiger partial charge in [-0.05, 0) is 6.92 Å². The summed E-state index contributed by atoms with van der Waals surface area (Å²) in [4.78, 5) is 10.4. The number of aryl methyl sites for hydroxylation is 1. The van der Waals surface area contributed by atoms with Gasteiger partial charge in [0.2, 0.25) is 0 Å². The van der Waals surface area contributed by atoms with Crippen molar-refractivity contribution in [1.29, 1.82) is 0 Å². The van der Waals surface area contributed by atoms with Crippen molar-refractivity contribution in [3.8, 4) is 0 Å². The molecule has 1 heterocycles. The van der Waals surface area contributed by atoms with E-state index in [4.69, 9.17) is 5.11 Å². The monoisotopic (exact) mass is 291 g/mol. The summed E-state index contributed by atoms with van der Waals surface area (Å²) in [5.74, 6) is -0.585. The largest absolute Gasteiger partial charge is 0.481 e. The first-order valence-corrected chi connectivity index (χ1v) is 6.97. The third-order valence-electron chi connectivity index (χ3n) is 2.51. The Balaban J connectivity index is 2.69. The standard InChI is InChI=1S/C9H17N5O4S/c1-7(9-11-10-6-13(9)2)12-19(17,18)14(3)5-4-8(15)16/h6-7,12H,4-5H2,1-3H3,(H,15,16). The molecule has 1 atom stereocenters. The quantitative estimate of drug-likeness (QED) is 0.673. The number of carboxylic acid groups (broad SMARTS) is 1. The van der Waals surface area contributed by atoms with Crippen LogP contribution in [-0.2, 0) is 22.1 Å². The summed E-state index contributed by atoms with van der Waals surface area (Å²) in [5, 5.41) is 16.0. The Morgan fingerprint density at radius 1 is 1.63 bits per heavy atom. The maximum Gasteiger partial charge on any atom is 0.304 e. The van der Waals surface area contributed by atoms with Gasteiger partial charge in [0.15, 0.2) is 5.82 Å². The van der Waals surface area contributed by atoms with E-state index in [1.807, 2.05) is 0 Å². The van der Waals surface area contributed by atoms with Crippen molar-refractivity contribution in [2.45, 2.75) is 19.4 Å². The molecule has 19 heavy (non-hydrogen) atoms. The van der Waals surface area contributed by atoms with Crippen LogP contribution >= 0.6 is 0 Å². The first-order chi connectivity index (χ1) is 8.74. The molecule has 0 saturated heterocycles. The Hall–Kier alpha value is -1.52. The van der Waals surface area contributed by atoms with E-state index in [0.717, 1.165) is 4.31 Å². The maximum atomic E-state index is 11.9. The fourth-order valence-electron chi connectivity index (χ4n) is 1.42. The average molecular weight is 291 g/mol. The van der Waals surface area contributed by atoms with Gasteiger partial charge in [-0.1, -0.05) is 0 Å². The molecule has 1 rings (SSSR count). The van der Waals surface area contributed by atoms with Crippen molar-refractivity contribution < 1.29 is 18.3 Å². The lowest BCUT2D eigenvalue weighted by atomic mass is 10.3. The molecule has 0 bridgehead atoms. The van der Waals surface area contributed by atoms with Gasteiger partial charge in [-0.3, -0.25) is 4.79 Å². The van der Waals surface area contributed by atoms with Gasteiger partial charge in [0.1, 0.15) is 6.33 Å². The molecule has 1 unspecified atom stereocenters. The number of hydrogen-bond donors (Lipinski definition) is 2. The summed E-state index contributed by atoms with van der Waals surface area (Å²) in [7, 11) is -0.742. The fraction of sp³-hybridized carbons (Fsp3) is 0.667. The van der Waals surface area contributed by atoms with E-state index >= 15 is 0 Å². The van der Waals surface area contributed by atoms with Crippen LogP contribution in [0.4, 0.5) is 0 Å². The minimum Gasteiger partial charge on any atom is -0.481 e. The third-order valence-corrected chi connectivity index (χ3v) is 4.16. The molecule has 0 aliphatic heterocycles. The summed E-state index contributed by atoms with van der Waals surface area (Å²) in [6.45, 7) is 1.53. The molecule has 2 N–H and O–H groups in total. The van der Waals surface area contributed by atoms with Gasteiger partial charge in [0, 0.05) is 20.6 Å². The van der Waals surface area contributed by atoms with Gasteiger partial charge in [0.25, 0.3) is 10.2 Å². The van der Waals surface area contributed by atoms with E-state index in [1.54, 1.807) is 18.5 Å². The van der Waals surface area contributed by atoms with Crippen LogP contribution in [0.2, 0.25) is 0 Å². The molecule has 1 aromatic heterocycles. The topological polar surface area (TPSA) is 117 Å². The highest BCUT2D eigenvalue weighted by atomic mass is 32.2. The highest BCUT2D eigenvalue weighted by Crippen LogP contribution is 2.10. The number of carboxylic acids is 1. The number of carbonyl (C=O) groups is 1. The van der Waals surface area contributed by atoms with E-state index in [1.165, 1.54) is 13.4 Å². The molecule has 0 spiro atoms. The summed E-state index contributed by atoms with van der Waals surface area (Å²) in [6.07, 6.45) is 1.21. The molecule has 0 aromatic carbocycles. The van der Waals surface area contributed by atoms with Crippen LogP contribution in [0.5, 0.6) is 0 Å². The van der Waals surface area contributed by atoms with Crippen LogP contribution in [0.3, 0.4) is 0 Å². The molecule has 0 saturated carbocycles. The molecule has 108 valence electrons. The molecule has 1 aromatic rings. The summed E-state index contributed by atoms with van der Waals surface area (Å²) in [6, 6.07) is -0.565. The van der Waals surface area contributed by atoms with Gasteiger partial charge < -0.3 is 9.67 Å². The van der Waals surface area contributed by atoms with E-state index in [9.17, 15) is 13.2 Å². The van der Waals surface area contributed by atoms with Gasteiger partial charge >= 0.3 is 5.97 Å². The predicted molar refractivity (Wildman–Crippen MR) is 66.4 cm³/mol. The minimum atomic E-state index is -3.76. The Labute approximate surface area is 111 Å². The summed E-state index contributed by atoms with van der Waals surface area (Å²) >= 11 is 0. The smallest absolute Gasteiger partial charge is 0.304 e. The van der Waals surface area contributed by atoms with Crippen LogP contribution in [0, 0.1) is 0 Å². The van der Waals surface area contributed by atoms with E-state index in [0.29, 0.717) is 5.82 Å². The Kier molecular flexibility index (Phi) is 4.97. The second-order valence-corrected chi connectivity index (χ2v) is 5.92. The average Bonchev–Trinajstić information content (AvgIpc) is 2.71. The first-order valence-electron chi connectivity index (χ1n) is 5.53. The molecule has 0 aliphatic carbocycles. The van der Waals surface area contributed by atoms with Crippen LogP contribution in [0.25, 0.3) is 0 Å². The molecule has 0 radical (unpaired) electrons. The van der Waals surface area contributed by atoms with Crippen molar-refractivity contribution in [2.75, 3.05) is 13.6 Å². The predicted octanol–water partition coefficient (Wildman–Crippen LogP) is -0.883. The molecule has 10 heteroatoms. The lowest BCUT2D eigenvalue weighted by Gasteiger charge is -2.20. The van der Waals surface area contributed by atoms with Crippen LogP contribution in [-0.4, -0.2) is 52.2 Å². The zero-order chi connectivity index (χ0) is 14.6. The third kappa shape index (κ3) is 4.26. The first kappa shape index (κ1) is 15.5. The van der Waals surface area contributed by atoms with Crippen molar-refractivity contribution in [3.63, 3.8) is 0 Å². The number of aliphatic carboxylic acids is 1. The highest BCUT2D eigenvalue weighted by Gasteiger charge is 2.23. The number of aromatic nitrogens is 3. The zero-order valence-electron chi connectivity index (χ0n) is 10.9. The lowest BCUT2D eigenvalue weighted by Crippen LogP contribution is -2.40. The molecule has 0 fully saturated rings. The van der Waals surface area contributed by atoms with Crippen LogP contribution in [0.1, 0.15) is 25.2 Å². The van der Waals surface area contributed by atoms with Gasteiger partial charge in [-0.25, -0.2) is 0 Å². The summed E-state index contributed by atoms with van der Waals surface area (Å²) < 4.78 is 28.8. The van der Waals surface area contributed by atoms with Crippen molar-refractivity contribution in [2.24, 2.45) is 7.05 Å². The molecular formula is C9H17N5O4S. The fourth-order valence-corrected chi connectivity index (χ4v) is 2.49. The maximum absolute atomic E-state index is 11.9. The molecule has 0 aliphatic rings. The van der Waals surface area contributed by atoms with E-state index < -0.39 is 22.2 Å². The van der Waals surface area contributed by atoms with Crippen molar-refractivity contribution in [3.05, 3.63) is 12.2 Å². The highest BCUT2D eigenvalue weighted by molar-refractivity contribution is 7.87. The normalized spacial score (nSPS) is 13.7. The minimum absolute atomic E-state index is 0.101. The molecule has 0 amide bonds. The number of hydrogen-bond acceptors (Lipinski definition) is 5. The number of rotatable bonds is 7. The van der Waals surface area contributed by atoms with Gasteiger partial charge in [-0.15, -0.1) is 10.2 Å². The second kappa shape index (κ2) is 6.08. The molecule has 9 nitrogen and oxygen atoms in total. The van der Waals surface area contributed by atoms with E-state index in [2.05, 4.69) is 14.9 Å². The van der Waals surface area contributed by atoms with Crippen molar-refractivity contribution in [1.82, 2.24) is 23.8 Å². The van der Waals surface area contributed by atoms with Gasteiger partial charge in [-0.2, -0.15) is 17.4 Å². The Bertz CT molecular complexity index is 541. The molecular weight excluding hydrogens is 274 g/mol. The van der Waals surface area contributed by atoms with Gasteiger partial charge in [0.05, 0.1) is 12.5 Å². The SMILES string of the molecule is CC(NS(=O)(=O)N(C)CCC(=O)O)c1nncn1C. The summed E-state index contributed by atoms with van der Waals surface area (Å²) in [5.41, 5.74) is 0.